The SMILES string of the molecule is CCNc1nnc(C(=O)NCC2(C(C)C)CC2)s1. The van der Waals surface area contributed by atoms with Crippen LogP contribution >= 0.6 is 11.3 Å². The Balaban J connectivity index is 1.87. The van der Waals surface area contributed by atoms with Crippen molar-refractivity contribution >= 4 is 22.4 Å². The normalized spacial score (nSPS) is 16.7. The van der Waals surface area contributed by atoms with Crippen molar-refractivity contribution < 1.29 is 4.79 Å². The van der Waals surface area contributed by atoms with Gasteiger partial charge < -0.3 is 10.6 Å². The van der Waals surface area contributed by atoms with E-state index in [1.807, 2.05) is 6.92 Å². The lowest BCUT2D eigenvalue weighted by molar-refractivity contribution is 0.0938. The van der Waals surface area contributed by atoms with Gasteiger partial charge in [0.05, 0.1) is 0 Å². The van der Waals surface area contributed by atoms with Gasteiger partial charge in [0, 0.05) is 13.1 Å². The number of hydrogen-bond acceptors (Lipinski definition) is 5. The second kappa shape index (κ2) is 5.22. The minimum absolute atomic E-state index is 0.108. The first-order chi connectivity index (χ1) is 8.57. The summed E-state index contributed by atoms with van der Waals surface area (Å²) in [5.74, 6) is 0.508. The van der Waals surface area contributed by atoms with Crippen LogP contribution in [0.1, 0.15) is 43.4 Å². The van der Waals surface area contributed by atoms with Crippen LogP contribution in [0.5, 0.6) is 0 Å². The molecule has 1 aliphatic carbocycles. The highest BCUT2D eigenvalue weighted by Crippen LogP contribution is 2.51. The van der Waals surface area contributed by atoms with Crippen molar-refractivity contribution in [3.63, 3.8) is 0 Å². The lowest BCUT2D eigenvalue weighted by Crippen LogP contribution is -2.32. The van der Waals surface area contributed by atoms with E-state index in [0.717, 1.165) is 13.1 Å². The Bertz CT molecular complexity index is 425. The predicted octanol–water partition coefficient (Wildman–Crippen LogP) is 2.14. The van der Waals surface area contributed by atoms with Crippen LogP contribution in [-0.2, 0) is 0 Å². The molecule has 2 rings (SSSR count). The summed E-state index contributed by atoms with van der Waals surface area (Å²) >= 11 is 1.30. The molecule has 0 aromatic carbocycles. The molecule has 100 valence electrons. The standard InChI is InChI=1S/C12H20N4OS/c1-4-13-11-16-15-10(18-11)9(17)14-7-12(5-6-12)8(2)3/h8H,4-7H2,1-3H3,(H,13,16)(H,14,17). The fraction of sp³-hybridized carbons (Fsp3) is 0.750. The minimum atomic E-state index is -0.108. The highest BCUT2D eigenvalue weighted by atomic mass is 32.1. The highest BCUT2D eigenvalue weighted by molar-refractivity contribution is 7.17. The van der Waals surface area contributed by atoms with E-state index in [4.69, 9.17) is 0 Å². The van der Waals surface area contributed by atoms with E-state index in [9.17, 15) is 4.79 Å². The molecule has 0 unspecified atom stereocenters. The summed E-state index contributed by atoms with van der Waals surface area (Å²) < 4.78 is 0. The molecule has 2 N–H and O–H groups in total. The zero-order valence-corrected chi connectivity index (χ0v) is 11.9. The fourth-order valence-corrected chi connectivity index (χ4v) is 2.72. The zero-order chi connectivity index (χ0) is 13.2. The van der Waals surface area contributed by atoms with Gasteiger partial charge in [-0.05, 0) is 31.1 Å². The molecular formula is C12H20N4OS. The summed E-state index contributed by atoms with van der Waals surface area (Å²) in [6.45, 7) is 7.95. The molecule has 1 fully saturated rings. The maximum atomic E-state index is 11.9. The van der Waals surface area contributed by atoms with E-state index in [1.165, 1.54) is 24.2 Å². The Labute approximate surface area is 111 Å². The van der Waals surface area contributed by atoms with Crippen molar-refractivity contribution in [3.8, 4) is 0 Å². The number of hydrogen-bond donors (Lipinski definition) is 2. The van der Waals surface area contributed by atoms with Gasteiger partial charge in [0.2, 0.25) is 10.1 Å². The summed E-state index contributed by atoms with van der Waals surface area (Å²) in [5, 5.41) is 15.0. The predicted molar refractivity (Wildman–Crippen MR) is 72.9 cm³/mol. The van der Waals surface area contributed by atoms with Crippen LogP contribution in [-0.4, -0.2) is 29.2 Å². The van der Waals surface area contributed by atoms with Gasteiger partial charge in [0.15, 0.2) is 0 Å². The van der Waals surface area contributed by atoms with Gasteiger partial charge in [-0.15, -0.1) is 10.2 Å². The molecule has 0 saturated heterocycles. The molecule has 5 nitrogen and oxygen atoms in total. The third kappa shape index (κ3) is 2.80. The van der Waals surface area contributed by atoms with E-state index in [2.05, 4.69) is 34.7 Å². The fourth-order valence-electron chi connectivity index (χ4n) is 1.99. The van der Waals surface area contributed by atoms with Gasteiger partial charge in [-0.25, -0.2) is 0 Å². The summed E-state index contributed by atoms with van der Waals surface area (Å²) in [5.41, 5.74) is 0.324. The lowest BCUT2D eigenvalue weighted by Gasteiger charge is -2.19. The summed E-state index contributed by atoms with van der Waals surface area (Å²) in [6, 6.07) is 0. The van der Waals surface area contributed by atoms with Crippen molar-refractivity contribution in [3.05, 3.63) is 5.01 Å². The Hall–Kier alpha value is -1.17. The van der Waals surface area contributed by atoms with Crippen LogP contribution in [0.4, 0.5) is 5.13 Å². The molecular weight excluding hydrogens is 248 g/mol. The number of carbonyl (C=O) groups is 1. The van der Waals surface area contributed by atoms with Crippen molar-refractivity contribution in [2.45, 2.75) is 33.6 Å². The lowest BCUT2D eigenvalue weighted by atomic mass is 9.92. The molecule has 0 spiro atoms. The number of carbonyl (C=O) groups excluding carboxylic acids is 1. The number of aromatic nitrogens is 2. The van der Waals surface area contributed by atoms with Gasteiger partial charge in [0.1, 0.15) is 0 Å². The van der Waals surface area contributed by atoms with Crippen LogP contribution in [0.2, 0.25) is 0 Å². The highest BCUT2D eigenvalue weighted by Gasteiger charge is 2.45. The molecule has 1 heterocycles. The Kier molecular flexibility index (Phi) is 3.85. The molecule has 0 atom stereocenters. The summed E-state index contributed by atoms with van der Waals surface area (Å²) in [6.07, 6.45) is 2.42. The van der Waals surface area contributed by atoms with Crippen LogP contribution in [0.3, 0.4) is 0 Å². The molecule has 18 heavy (non-hydrogen) atoms. The van der Waals surface area contributed by atoms with Crippen LogP contribution < -0.4 is 10.6 Å². The first-order valence-electron chi connectivity index (χ1n) is 6.43. The Morgan fingerprint density at radius 3 is 2.72 bits per heavy atom. The average molecular weight is 268 g/mol. The maximum Gasteiger partial charge on any atom is 0.282 e. The molecule has 1 aromatic rings. The molecule has 0 radical (unpaired) electrons. The Morgan fingerprint density at radius 2 is 2.17 bits per heavy atom. The molecule has 0 aliphatic heterocycles. The van der Waals surface area contributed by atoms with E-state index < -0.39 is 0 Å². The third-order valence-corrected chi connectivity index (χ3v) is 4.54. The van der Waals surface area contributed by atoms with Crippen LogP contribution in [0.25, 0.3) is 0 Å². The van der Waals surface area contributed by atoms with E-state index >= 15 is 0 Å². The number of nitrogens with one attached hydrogen (secondary N) is 2. The minimum Gasteiger partial charge on any atom is -0.360 e. The van der Waals surface area contributed by atoms with Crippen molar-refractivity contribution in [1.82, 2.24) is 15.5 Å². The quantitative estimate of drug-likeness (QED) is 0.829. The molecule has 1 aromatic heterocycles. The first kappa shape index (κ1) is 13.3. The second-order valence-corrected chi connectivity index (χ2v) is 6.12. The largest absolute Gasteiger partial charge is 0.360 e. The topological polar surface area (TPSA) is 66.9 Å². The van der Waals surface area contributed by atoms with Crippen LogP contribution in [0.15, 0.2) is 0 Å². The number of amides is 1. The second-order valence-electron chi connectivity index (χ2n) is 5.14. The molecule has 1 aliphatic rings. The van der Waals surface area contributed by atoms with Crippen molar-refractivity contribution in [2.24, 2.45) is 11.3 Å². The molecule has 1 saturated carbocycles. The smallest absolute Gasteiger partial charge is 0.282 e. The zero-order valence-electron chi connectivity index (χ0n) is 11.1. The summed E-state index contributed by atoms with van der Waals surface area (Å²) in [7, 11) is 0. The number of anilines is 1. The molecule has 6 heteroatoms. The average Bonchev–Trinajstić information content (AvgIpc) is 3.00. The Morgan fingerprint density at radius 1 is 1.44 bits per heavy atom. The van der Waals surface area contributed by atoms with Crippen molar-refractivity contribution in [2.75, 3.05) is 18.4 Å². The van der Waals surface area contributed by atoms with Gasteiger partial charge in [-0.3, -0.25) is 4.79 Å². The van der Waals surface area contributed by atoms with Gasteiger partial charge >= 0.3 is 0 Å². The van der Waals surface area contributed by atoms with E-state index in [1.54, 1.807) is 0 Å². The number of rotatable bonds is 6. The maximum absolute atomic E-state index is 11.9. The molecule has 0 bridgehead atoms. The van der Waals surface area contributed by atoms with Gasteiger partial charge in [-0.1, -0.05) is 25.2 Å². The first-order valence-corrected chi connectivity index (χ1v) is 7.24. The van der Waals surface area contributed by atoms with Gasteiger partial charge in [-0.2, -0.15) is 0 Å². The van der Waals surface area contributed by atoms with E-state index in [-0.39, 0.29) is 5.91 Å². The van der Waals surface area contributed by atoms with Crippen LogP contribution in [0, 0.1) is 11.3 Å². The number of nitrogens with zero attached hydrogens (tertiary/aromatic N) is 2. The third-order valence-electron chi connectivity index (χ3n) is 3.67. The monoisotopic (exact) mass is 268 g/mol. The summed E-state index contributed by atoms with van der Waals surface area (Å²) in [4.78, 5) is 11.9. The van der Waals surface area contributed by atoms with E-state index in [0.29, 0.717) is 21.5 Å². The van der Waals surface area contributed by atoms with Gasteiger partial charge in [0.25, 0.3) is 5.91 Å². The van der Waals surface area contributed by atoms with Crippen molar-refractivity contribution in [1.29, 1.82) is 0 Å². The molecule has 1 amide bonds.